The molecule has 3 N–H and O–H groups in total. The molecule has 4 atom stereocenters. The second-order valence-electron chi connectivity index (χ2n) is 5.49. The van der Waals surface area contributed by atoms with E-state index in [0.717, 1.165) is 19.5 Å². The van der Waals surface area contributed by atoms with Crippen molar-refractivity contribution in [1.82, 2.24) is 5.32 Å². The summed E-state index contributed by atoms with van der Waals surface area (Å²) < 4.78 is 5.46. The number of ether oxygens (including phenoxy) is 1. The van der Waals surface area contributed by atoms with E-state index in [4.69, 9.17) is 10.5 Å². The quantitative estimate of drug-likeness (QED) is 0.767. The molecule has 1 heterocycles. The Bertz CT molecular complexity index is 270. The third-order valence-corrected chi connectivity index (χ3v) is 4.30. The number of hydrogen-bond donors (Lipinski definition) is 2. The number of carbonyl (C=O) groups is 1. The number of nitrogens with two attached hydrogens (primary N) is 1. The summed E-state index contributed by atoms with van der Waals surface area (Å²) in [5, 5.41) is 3.04. The first-order valence-corrected chi connectivity index (χ1v) is 6.81. The summed E-state index contributed by atoms with van der Waals surface area (Å²) >= 11 is 0. The van der Waals surface area contributed by atoms with Crippen LogP contribution in [0.5, 0.6) is 0 Å². The summed E-state index contributed by atoms with van der Waals surface area (Å²) in [7, 11) is 0. The van der Waals surface area contributed by atoms with Crippen LogP contribution in [0.25, 0.3) is 0 Å². The fourth-order valence-corrected chi connectivity index (χ4v) is 3.06. The van der Waals surface area contributed by atoms with Gasteiger partial charge >= 0.3 is 0 Å². The number of rotatable bonds is 4. The highest BCUT2D eigenvalue weighted by Crippen LogP contribution is 2.30. The van der Waals surface area contributed by atoms with Crippen molar-refractivity contribution >= 4 is 5.91 Å². The Morgan fingerprint density at radius 2 is 2.12 bits per heavy atom. The van der Waals surface area contributed by atoms with Gasteiger partial charge in [-0.05, 0) is 43.6 Å². The van der Waals surface area contributed by atoms with Crippen molar-refractivity contribution < 1.29 is 9.53 Å². The summed E-state index contributed by atoms with van der Waals surface area (Å²) in [6.45, 7) is 4.31. The Balaban J connectivity index is 1.76. The van der Waals surface area contributed by atoms with E-state index in [-0.39, 0.29) is 12.0 Å². The van der Waals surface area contributed by atoms with Crippen molar-refractivity contribution in [2.75, 3.05) is 19.7 Å². The van der Waals surface area contributed by atoms with Gasteiger partial charge in [0.15, 0.2) is 0 Å². The lowest BCUT2D eigenvalue weighted by molar-refractivity contribution is -0.131. The van der Waals surface area contributed by atoms with Gasteiger partial charge in [-0.3, -0.25) is 4.79 Å². The predicted molar refractivity (Wildman–Crippen MR) is 66.4 cm³/mol. The molecule has 0 aromatic heterocycles. The zero-order valence-electron chi connectivity index (χ0n) is 10.7. The summed E-state index contributed by atoms with van der Waals surface area (Å²) in [5.74, 6) is 1.58. The molecule has 0 bridgehead atoms. The molecule has 98 valence electrons. The first kappa shape index (κ1) is 12.8. The van der Waals surface area contributed by atoms with Crippen molar-refractivity contribution in [1.29, 1.82) is 0 Å². The molecule has 4 nitrogen and oxygen atoms in total. The van der Waals surface area contributed by atoms with Gasteiger partial charge in [-0.15, -0.1) is 0 Å². The molecule has 17 heavy (non-hydrogen) atoms. The summed E-state index contributed by atoms with van der Waals surface area (Å²) in [6, 6.07) is 0. The molecule has 0 radical (unpaired) electrons. The normalized spacial score (nSPS) is 37.3. The van der Waals surface area contributed by atoms with E-state index in [9.17, 15) is 4.79 Å². The zero-order valence-corrected chi connectivity index (χ0v) is 10.7. The van der Waals surface area contributed by atoms with Gasteiger partial charge in [0.2, 0.25) is 5.91 Å². The van der Waals surface area contributed by atoms with Gasteiger partial charge in [0.05, 0.1) is 0 Å². The molecular weight excluding hydrogens is 216 g/mol. The average Bonchev–Trinajstić information content (AvgIpc) is 2.94. The zero-order chi connectivity index (χ0) is 12.3. The standard InChI is InChI=1S/C13H24N2O2/c1-9-5-6-17-12(9)13(16)15-8-11-4-2-3-10(11)7-14/h9-12H,2-8,14H2,1H3,(H,15,16). The van der Waals surface area contributed by atoms with Crippen LogP contribution in [-0.4, -0.2) is 31.7 Å². The number of hydrogen-bond acceptors (Lipinski definition) is 3. The first-order valence-electron chi connectivity index (χ1n) is 6.81. The molecule has 2 rings (SSSR count). The smallest absolute Gasteiger partial charge is 0.249 e. The fraction of sp³-hybridized carbons (Fsp3) is 0.923. The Hall–Kier alpha value is -0.610. The molecule has 4 heteroatoms. The van der Waals surface area contributed by atoms with Crippen LogP contribution >= 0.6 is 0 Å². The number of carbonyl (C=O) groups excluding carboxylic acids is 1. The lowest BCUT2D eigenvalue weighted by Crippen LogP contribution is -2.40. The van der Waals surface area contributed by atoms with Gasteiger partial charge < -0.3 is 15.8 Å². The van der Waals surface area contributed by atoms with Crippen LogP contribution in [0.1, 0.15) is 32.6 Å². The molecule has 1 saturated heterocycles. The second kappa shape index (κ2) is 5.83. The van der Waals surface area contributed by atoms with E-state index >= 15 is 0 Å². The van der Waals surface area contributed by atoms with Crippen molar-refractivity contribution in [3.63, 3.8) is 0 Å². The molecule has 0 aromatic rings. The Labute approximate surface area is 103 Å². The Kier molecular flexibility index (Phi) is 4.40. The van der Waals surface area contributed by atoms with E-state index < -0.39 is 0 Å². The van der Waals surface area contributed by atoms with E-state index in [1.807, 2.05) is 0 Å². The SMILES string of the molecule is CC1CCOC1C(=O)NCC1CCCC1CN. The number of nitrogens with one attached hydrogen (secondary N) is 1. The Morgan fingerprint density at radius 3 is 2.76 bits per heavy atom. The Morgan fingerprint density at radius 1 is 1.35 bits per heavy atom. The van der Waals surface area contributed by atoms with Crippen molar-refractivity contribution in [2.24, 2.45) is 23.5 Å². The largest absolute Gasteiger partial charge is 0.368 e. The third-order valence-electron chi connectivity index (χ3n) is 4.30. The molecule has 4 unspecified atom stereocenters. The highest BCUT2D eigenvalue weighted by Gasteiger charge is 2.32. The third kappa shape index (κ3) is 2.99. The maximum absolute atomic E-state index is 11.9. The summed E-state index contributed by atoms with van der Waals surface area (Å²) in [6.07, 6.45) is 4.43. The minimum absolute atomic E-state index is 0.0673. The van der Waals surface area contributed by atoms with Crippen LogP contribution in [0.3, 0.4) is 0 Å². The lowest BCUT2D eigenvalue weighted by atomic mass is 9.96. The highest BCUT2D eigenvalue weighted by molar-refractivity contribution is 5.81. The van der Waals surface area contributed by atoms with Crippen molar-refractivity contribution in [3.05, 3.63) is 0 Å². The predicted octanol–water partition coefficient (Wildman–Crippen LogP) is 0.903. The van der Waals surface area contributed by atoms with E-state index in [1.165, 1.54) is 19.3 Å². The van der Waals surface area contributed by atoms with Crippen LogP contribution in [0, 0.1) is 17.8 Å². The van der Waals surface area contributed by atoms with Gasteiger partial charge in [-0.2, -0.15) is 0 Å². The van der Waals surface area contributed by atoms with Crippen LogP contribution in [-0.2, 0) is 9.53 Å². The summed E-state index contributed by atoms with van der Waals surface area (Å²) in [5.41, 5.74) is 5.74. The molecule has 0 aromatic carbocycles. The topological polar surface area (TPSA) is 64.3 Å². The van der Waals surface area contributed by atoms with E-state index in [2.05, 4.69) is 12.2 Å². The first-order chi connectivity index (χ1) is 8.22. The van der Waals surface area contributed by atoms with Gasteiger partial charge in [-0.1, -0.05) is 13.3 Å². The van der Waals surface area contributed by atoms with Crippen molar-refractivity contribution in [2.45, 2.75) is 38.7 Å². The molecule has 1 amide bonds. The molecule has 1 saturated carbocycles. The molecular formula is C13H24N2O2. The maximum atomic E-state index is 11.9. The molecule has 1 aliphatic heterocycles. The summed E-state index contributed by atoms with van der Waals surface area (Å²) in [4.78, 5) is 11.9. The van der Waals surface area contributed by atoms with Gasteiger partial charge in [0.25, 0.3) is 0 Å². The highest BCUT2D eigenvalue weighted by atomic mass is 16.5. The minimum Gasteiger partial charge on any atom is -0.368 e. The molecule has 0 spiro atoms. The van der Waals surface area contributed by atoms with Gasteiger partial charge in [0, 0.05) is 13.2 Å². The maximum Gasteiger partial charge on any atom is 0.249 e. The average molecular weight is 240 g/mol. The molecule has 2 fully saturated rings. The minimum atomic E-state index is -0.229. The fourth-order valence-electron chi connectivity index (χ4n) is 3.06. The van der Waals surface area contributed by atoms with Crippen LogP contribution in [0.2, 0.25) is 0 Å². The lowest BCUT2D eigenvalue weighted by Gasteiger charge is -2.20. The number of amides is 1. The van der Waals surface area contributed by atoms with E-state index in [1.54, 1.807) is 0 Å². The van der Waals surface area contributed by atoms with Crippen molar-refractivity contribution in [3.8, 4) is 0 Å². The molecule has 1 aliphatic carbocycles. The molecule has 2 aliphatic rings. The van der Waals surface area contributed by atoms with E-state index in [0.29, 0.717) is 24.4 Å². The van der Waals surface area contributed by atoms with Crippen LogP contribution in [0.4, 0.5) is 0 Å². The second-order valence-corrected chi connectivity index (χ2v) is 5.49. The monoisotopic (exact) mass is 240 g/mol. The van der Waals surface area contributed by atoms with Crippen LogP contribution < -0.4 is 11.1 Å². The van der Waals surface area contributed by atoms with Gasteiger partial charge in [-0.25, -0.2) is 0 Å². The van der Waals surface area contributed by atoms with Crippen LogP contribution in [0.15, 0.2) is 0 Å². The van der Waals surface area contributed by atoms with Gasteiger partial charge in [0.1, 0.15) is 6.10 Å².